The monoisotopic (exact) mass is 412 g/mol. The Kier molecular flexibility index (Phi) is 6.44. The van der Waals surface area contributed by atoms with Crippen LogP contribution in [0.4, 0.5) is 0 Å². The summed E-state index contributed by atoms with van der Waals surface area (Å²) in [6, 6.07) is 6.95. The maximum absolute atomic E-state index is 12.3. The molecule has 24 heavy (non-hydrogen) atoms. The molecule has 0 aromatic heterocycles. The minimum atomic E-state index is -0.929. The molecule has 0 saturated heterocycles. The number of nitrogens with zero attached hydrogens (tertiary/aromatic N) is 1. The minimum absolute atomic E-state index is 0.112. The van der Waals surface area contributed by atoms with E-state index < -0.39 is 18.0 Å². The number of allylic oxidation sites excluding steroid dienone is 1. The van der Waals surface area contributed by atoms with E-state index in [9.17, 15) is 9.59 Å². The highest BCUT2D eigenvalue weighted by atomic mass is 79.9. The molecule has 0 bridgehead atoms. The second-order valence-electron chi connectivity index (χ2n) is 4.96. The minimum Gasteiger partial charge on any atom is -0.481 e. The summed E-state index contributed by atoms with van der Waals surface area (Å²) in [5.41, 5.74) is 1.86. The number of carboxylic acids is 1. The molecule has 0 fully saturated rings. The van der Waals surface area contributed by atoms with Crippen molar-refractivity contribution < 1.29 is 19.4 Å². The number of benzene rings is 1. The smallest absolute Gasteiger partial charge is 0.338 e. The largest absolute Gasteiger partial charge is 0.481 e. The number of nitrogens with one attached hydrogen (secondary N) is 1. The van der Waals surface area contributed by atoms with Crippen molar-refractivity contribution in [2.24, 2.45) is 4.99 Å². The van der Waals surface area contributed by atoms with Crippen LogP contribution in [-0.4, -0.2) is 34.6 Å². The zero-order valence-corrected chi connectivity index (χ0v) is 15.6. The summed E-state index contributed by atoms with van der Waals surface area (Å²) in [7, 11) is 0. The molecule has 6 nitrogen and oxygen atoms in total. The van der Waals surface area contributed by atoms with Crippen LogP contribution in [0.2, 0.25) is 0 Å². The average molecular weight is 413 g/mol. The van der Waals surface area contributed by atoms with Crippen molar-refractivity contribution in [2.75, 3.05) is 12.4 Å². The van der Waals surface area contributed by atoms with Crippen LogP contribution in [0.25, 0.3) is 0 Å². The average Bonchev–Trinajstić information content (AvgIpc) is 2.52. The molecule has 1 aromatic carbocycles. The Bertz CT molecular complexity index is 718. The van der Waals surface area contributed by atoms with Crippen LogP contribution in [-0.2, 0) is 14.3 Å². The van der Waals surface area contributed by atoms with Gasteiger partial charge in [0, 0.05) is 10.2 Å². The van der Waals surface area contributed by atoms with Gasteiger partial charge in [0.25, 0.3) is 0 Å². The number of aliphatic carboxylic acids is 1. The molecule has 1 aliphatic rings. The number of amidine groups is 1. The summed E-state index contributed by atoms with van der Waals surface area (Å²) in [5, 5.41) is 12.3. The van der Waals surface area contributed by atoms with Gasteiger partial charge in [0.2, 0.25) is 0 Å². The van der Waals surface area contributed by atoms with Gasteiger partial charge in [0.15, 0.2) is 5.17 Å². The van der Waals surface area contributed by atoms with Crippen molar-refractivity contribution in [3.8, 4) is 0 Å². The number of ether oxygens (including phenoxy) is 1. The fourth-order valence-corrected chi connectivity index (χ4v) is 3.32. The van der Waals surface area contributed by atoms with Crippen LogP contribution in [0.15, 0.2) is 45.0 Å². The molecular weight excluding hydrogens is 396 g/mol. The van der Waals surface area contributed by atoms with Gasteiger partial charge in [-0.3, -0.25) is 4.79 Å². The molecule has 128 valence electrons. The molecule has 0 radical (unpaired) electrons. The third kappa shape index (κ3) is 4.61. The fraction of sp³-hybridized carbons (Fsp3) is 0.312. The molecule has 0 saturated carbocycles. The third-order valence-electron chi connectivity index (χ3n) is 3.21. The van der Waals surface area contributed by atoms with Crippen molar-refractivity contribution in [1.29, 1.82) is 0 Å². The van der Waals surface area contributed by atoms with E-state index >= 15 is 0 Å². The van der Waals surface area contributed by atoms with E-state index in [0.717, 1.165) is 21.8 Å². The lowest BCUT2D eigenvalue weighted by molar-refractivity contribution is -0.139. The molecule has 0 spiro atoms. The van der Waals surface area contributed by atoms with E-state index in [0.29, 0.717) is 16.4 Å². The third-order valence-corrected chi connectivity index (χ3v) is 4.58. The van der Waals surface area contributed by atoms with Gasteiger partial charge in [-0.1, -0.05) is 39.8 Å². The molecule has 1 aliphatic heterocycles. The van der Waals surface area contributed by atoms with Crippen LogP contribution in [0.3, 0.4) is 0 Å². The molecule has 1 atom stereocenters. The lowest BCUT2D eigenvalue weighted by atomic mass is 9.97. The Hall–Kier alpha value is -1.80. The van der Waals surface area contributed by atoms with Crippen molar-refractivity contribution >= 4 is 44.8 Å². The van der Waals surface area contributed by atoms with Gasteiger partial charge in [-0.25, -0.2) is 9.79 Å². The highest BCUT2D eigenvalue weighted by molar-refractivity contribution is 9.10. The van der Waals surface area contributed by atoms with Crippen molar-refractivity contribution in [2.45, 2.75) is 19.9 Å². The number of esters is 1. The standard InChI is InChI=1S/C16H17BrN2O4S/c1-3-23-15(22)13-9(2)18-16(24-8-12(20)21)19-14(13)10-5-4-6-11(17)7-10/h4-7,14H,3,8H2,1-2H3,(H,18,19)(H,20,21)/t14-/m0/s1. The fourth-order valence-electron chi connectivity index (χ4n) is 2.24. The van der Waals surface area contributed by atoms with Gasteiger partial charge in [-0.2, -0.15) is 0 Å². The number of hydrogen-bond acceptors (Lipinski definition) is 6. The van der Waals surface area contributed by atoms with Gasteiger partial charge in [-0.15, -0.1) is 0 Å². The number of rotatable bonds is 5. The van der Waals surface area contributed by atoms with Crippen molar-refractivity contribution in [3.05, 3.63) is 45.6 Å². The molecule has 1 heterocycles. The van der Waals surface area contributed by atoms with E-state index in [4.69, 9.17) is 9.84 Å². The summed E-state index contributed by atoms with van der Waals surface area (Å²) in [6.45, 7) is 3.77. The summed E-state index contributed by atoms with van der Waals surface area (Å²) >= 11 is 4.50. The number of carbonyl (C=O) groups excluding carboxylic acids is 1. The van der Waals surface area contributed by atoms with E-state index in [1.807, 2.05) is 24.3 Å². The zero-order valence-electron chi connectivity index (χ0n) is 13.2. The van der Waals surface area contributed by atoms with Crippen LogP contribution in [0.1, 0.15) is 25.5 Å². The van der Waals surface area contributed by atoms with Crippen LogP contribution < -0.4 is 5.32 Å². The van der Waals surface area contributed by atoms with Crippen molar-refractivity contribution in [1.82, 2.24) is 5.32 Å². The first-order valence-corrected chi connectivity index (χ1v) is 9.03. The molecule has 2 rings (SSSR count). The number of thioether (sulfide) groups is 1. The summed E-state index contributed by atoms with van der Waals surface area (Å²) in [6.07, 6.45) is 0. The zero-order chi connectivity index (χ0) is 17.7. The summed E-state index contributed by atoms with van der Waals surface area (Å²) in [5.74, 6) is -1.47. The Labute approximate surface area is 152 Å². The van der Waals surface area contributed by atoms with E-state index in [1.165, 1.54) is 0 Å². The molecule has 0 aliphatic carbocycles. The number of carbonyl (C=O) groups is 2. The van der Waals surface area contributed by atoms with E-state index in [-0.39, 0.29) is 12.4 Å². The van der Waals surface area contributed by atoms with Gasteiger partial charge in [0.1, 0.15) is 6.04 Å². The second kappa shape index (κ2) is 8.34. The van der Waals surface area contributed by atoms with Crippen molar-refractivity contribution in [3.63, 3.8) is 0 Å². The Morgan fingerprint density at radius 1 is 1.46 bits per heavy atom. The highest BCUT2D eigenvalue weighted by Gasteiger charge is 2.30. The lowest BCUT2D eigenvalue weighted by Crippen LogP contribution is -2.31. The predicted molar refractivity (Wildman–Crippen MR) is 96.9 cm³/mol. The Morgan fingerprint density at radius 3 is 2.83 bits per heavy atom. The lowest BCUT2D eigenvalue weighted by Gasteiger charge is -2.25. The summed E-state index contributed by atoms with van der Waals surface area (Å²) < 4.78 is 6.02. The van der Waals surface area contributed by atoms with E-state index in [1.54, 1.807) is 13.8 Å². The second-order valence-corrected chi connectivity index (χ2v) is 6.84. The number of aliphatic imine (C=N–C) groups is 1. The molecule has 1 aromatic rings. The number of hydrogen-bond donors (Lipinski definition) is 2. The maximum atomic E-state index is 12.3. The van der Waals surface area contributed by atoms with Gasteiger partial charge < -0.3 is 15.2 Å². The van der Waals surface area contributed by atoms with Crippen LogP contribution in [0, 0.1) is 0 Å². The Balaban J connectivity index is 2.40. The number of carboxylic acid groups (broad SMARTS) is 1. The summed E-state index contributed by atoms with van der Waals surface area (Å²) in [4.78, 5) is 27.7. The van der Waals surface area contributed by atoms with E-state index in [2.05, 4.69) is 26.2 Å². The number of halogens is 1. The van der Waals surface area contributed by atoms with Gasteiger partial charge >= 0.3 is 11.9 Å². The normalized spacial score (nSPS) is 17.1. The SMILES string of the molecule is CCOC(=O)C1=C(C)NC(SCC(=O)O)=N[C@H]1c1cccc(Br)c1. The molecule has 0 amide bonds. The van der Waals surface area contributed by atoms with Crippen LogP contribution >= 0.6 is 27.7 Å². The van der Waals surface area contributed by atoms with Gasteiger partial charge in [0.05, 0.1) is 17.9 Å². The van der Waals surface area contributed by atoms with Gasteiger partial charge in [-0.05, 0) is 31.5 Å². The first-order chi connectivity index (χ1) is 11.4. The topological polar surface area (TPSA) is 88.0 Å². The molecular formula is C16H17BrN2O4S. The quantitative estimate of drug-likeness (QED) is 0.722. The highest BCUT2D eigenvalue weighted by Crippen LogP contribution is 2.33. The molecule has 2 N–H and O–H groups in total. The first-order valence-electron chi connectivity index (χ1n) is 7.25. The van der Waals surface area contributed by atoms with Crippen LogP contribution in [0.5, 0.6) is 0 Å². The maximum Gasteiger partial charge on any atom is 0.338 e. The molecule has 8 heteroatoms. The predicted octanol–water partition coefficient (Wildman–Crippen LogP) is 3.10. The Morgan fingerprint density at radius 2 is 2.21 bits per heavy atom. The first kappa shape index (κ1) is 18.5. The molecule has 0 unspecified atom stereocenters.